The summed E-state index contributed by atoms with van der Waals surface area (Å²) in [4.78, 5) is 10.1. The van der Waals surface area contributed by atoms with Gasteiger partial charge in [0.1, 0.15) is 5.82 Å². The van der Waals surface area contributed by atoms with E-state index in [0.29, 0.717) is 12.5 Å². The zero-order valence-electron chi connectivity index (χ0n) is 15.0. The maximum absolute atomic E-state index is 13.3. The van der Waals surface area contributed by atoms with Crippen LogP contribution in [0.1, 0.15) is 18.9 Å². The Labute approximate surface area is 148 Å². The predicted molar refractivity (Wildman–Crippen MR) is 99.5 cm³/mol. The number of halogens is 1. The third-order valence-electron chi connectivity index (χ3n) is 4.62. The summed E-state index contributed by atoms with van der Waals surface area (Å²) in [6.07, 6.45) is 3.89. The van der Waals surface area contributed by atoms with E-state index in [1.165, 1.54) is 17.7 Å². The molecule has 1 atom stereocenters. The molecule has 1 aromatic carbocycles. The molecule has 1 aliphatic rings. The Balaban J connectivity index is 1.62. The fourth-order valence-corrected chi connectivity index (χ4v) is 3.32. The minimum absolute atomic E-state index is 0.217. The van der Waals surface area contributed by atoms with Gasteiger partial charge in [-0.25, -0.2) is 4.39 Å². The van der Waals surface area contributed by atoms with Crippen LogP contribution in [0.3, 0.4) is 0 Å². The molecule has 0 saturated carbocycles. The van der Waals surface area contributed by atoms with Crippen molar-refractivity contribution in [2.75, 3.05) is 39.9 Å². The van der Waals surface area contributed by atoms with Crippen LogP contribution in [-0.4, -0.2) is 55.7 Å². The highest BCUT2D eigenvalue weighted by atomic mass is 19.1. The molecule has 1 aliphatic heterocycles. The van der Waals surface area contributed by atoms with E-state index in [1.54, 1.807) is 0 Å². The first-order chi connectivity index (χ1) is 12.2. The minimum atomic E-state index is -0.217. The van der Waals surface area contributed by atoms with Gasteiger partial charge in [-0.05, 0) is 43.5 Å². The van der Waals surface area contributed by atoms with Gasteiger partial charge in [-0.2, -0.15) is 0 Å². The molecule has 0 radical (unpaired) electrons. The lowest BCUT2D eigenvalue weighted by Gasteiger charge is -2.24. The molecule has 0 spiro atoms. The summed E-state index contributed by atoms with van der Waals surface area (Å²) in [5, 5.41) is 4.43. The summed E-state index contributed by atoms with van der Waals surface area (Å²) >= 11 is 0. The van der Waals surface area contributed by atoms with E-state index >= 15 is 0 Å². The summed E-state index contributed by atoms with van der Waals surface area (Å²) in [7, 11) is 2.08. The van der Waals surface area contributed by atoms with Crippen molar-refractivity contribution in [3.8, 4) is 0 Å². The van der Waals surface area contributed by atoms with Gasteiger partial charge in [-0.1, -0.05) is 0 Å². The first-order valence-electron chi connectivity index (χ1n) is 9.00. The molecule has 5 nitrogen and oxygen atoms in total. The lowest BCUT2D eigenvalue weighted by atomic mass is 10.1. The summed E-state index contributed by atoms with van der Waals surface area (Å²) in [6.45, 7) is 6.28. The Kier molecular flexibility index (Phi) is 5.91. The highest BCUT2D eigenvalue weighted by molar-refractivity contribution is 5.83. The molecule has 1 fully saturated rings. The summed E-state index contributed by atoms with van der Waals surface area (Å²) in [6, 6.07) is 4.87. The van der Waals surface area contributed by atoms with Gasteiger partial charge in [0.25, 0.3) is 0 Å². The Bertz CT molecular complexity index is 721. The Morgan fingerprint density at radius 2 is 2.36 bits per heavy atom. The van der Waals surface area contributed by atoms with Crippen molar-refractivity contribution < 1.29 is 9.13 Å². The molecule has 3 rings (SSSR count). The number of H-pyrrole nitrogens is 1. The number of hydrogen-bond donors (Lipinski definition) is 2. The van der Waals surface area contributed by atoms with Crippen molar-refractivity contribution in [2.45, 2.75) is 19.8 Å². The number of guanidine groups is 1. The van der Waals surface area contributed by atoms with Crippen LogP contribution >= 0.6 is 0 Å². The lowest BCUT2D eigenvalue weighted by molar-refractivity contribution is 0.181. The van der Waals surface area contributed by atoms with Crippen molar-refractivity contribution in [3.05, 3.63) is 35.8 Å². The molecule has 2 aromatic rings. The van der Waals surface area contributed by atoms with Gasteiger partial charge in [0.2, 0.25) is 0 Å². The number of aromatic nitrogens is 1. The molecule has 0 bridgehead atoms. The van der Waals surface area contributed by atoms with E-state index in [0.717, 1.165) is 56.0 Å². The molecule has 0 amide bonds. The second-order valence-electron chi connectivity index (χ2n) is 6.60. The van der Waals surface area contributed by atoms with Crippen LogP contribution in [0, 0.1) is 11.7 Å². The van der Waals surface area contributed by atoms with E-state index in [-0.39, 0.29) is 5.82 Å². The van der Waals surface area contributed by atoms with Gasteiger partial charge in [0.15, 0.2) is 5.96 Å². The van der Waals surface area contributed by atoms with Crippen LogP contribution in [0.15, 0.2) is 29.4 Å². The van der Waals surface area contributed by atoms with Crippen molar-refractivity contribution in [1.29, 1.82) is 0 Å². The number of benzene rings is 1. The van der Waals surface area contributed by atoms with E-state index < -0.39 is 0 Å². The first-order valence-corrected chi connectivity index (χ1v) is 9.00. The number of aromatic amines is 1. The van der Waals surface area contributed by atoms with Crippen LogP contribution in [0.25, 0.3) is 10.9 Å². The van der Waals surface area contributed by atoms with Gasteiger partial charge in [0.05, 0.1) is 6.61 Å². The van der Waals surface area contributed by atoms with Gasteiger partial charge >= 0.3 is 0 Å². The molecule has 1 unspecified atom stereocenters. The van der Waals surface area contributed by atoms with Crippen LogP contribution in [0.5, 0.6) is 0 Å². The molecule has 1 aromatic heterocycles. The van der Waals surface area contributed by atoms with E-state index in [4.69, 9.17) is 9.73 Å². The van der Waals surface area contributed by atoms with Gasteiger partial charge < -0.3 is 19.9 Å². The van der Waals surface area contributed by atoms with Crippen LogP contribution in [0.4, 0.5) is 4.39 Å². The molecule has 1 saturated heterocycles. The fraction of sp³-hybridized carbons (Fsp3) is 0.526. The third-order valence-corrected chi connectivity index (χ3v) is 4.62. The van der Waals surface area contributed by atoms with Crippen molar-refractivity contribution in [3.63, 3.8) is 0 Å². The second kappa shape index (κ2) is 8.34. The molecule has 25 heavy (non-hydrogen) atoms. The van der Waals surface area contributed by atoms with E-state index in [1.807, 2.05) is 12.3 Å². The molecular formula is C19H27FN4O. The Morgan fingerprint density at radius 1 is 1.48 bits per heavy atom. The summed E-state index contributed by atoms with van der Waals surface area (Å²) in [5.74, 6) is 1.29. The molecule has 6 heteroatoms. The Hall–Kier alpha value is -2.08. The number of nitrogens with zero attached hydrogens (tertiary/aromatic N) is 2. The number of nitrogens with one attached hydrogen (secondary N) is 2. The van der Waals surface area contributed by atoms with Gasteiger partial charge in [0, 0.05) is 56.3 Å². The van der Waals surface area contributed by atoms with Crippen LogP contribution in [0.2, 0.25) is 0 Å². The number of aliphatic imine (C=N–C) groups is 1. The highest BCUT2D eigenvalue weighted by Gasteiger charge is 2.19. The maximum atomic E-state index is 13.3. The number of hydrogen-bond acceptors (Lipinski definition) is 2. The predicted octanol–water partition coefficient (Wildman–Crippen LogP) is 2.78. The number of ether oxygens (including phenoxy) is 1. The molecule has 2 heterocycles. The SMILES string of the molecule is CCNC(=NCCc1c[nH]c2cc(F)ccc12)N(C)CC1CCOC1. The van der Waals surface area contributed by atoms with E-state index in [2.05, 4.69) is 29.2 Å². The van der Waals surface area contributed by atoms with Crippen molar-refractivity contribution >= 4 is 16.9 Å². The first kappa shape index (κ1) is 17.7. The van der Waals surface area contributed by atoms with Gasteiger partial charge in [-0.15, -0.1) is 0 Å². The second-order valence-corrected chi connectivity index (χ2v) is 6.60. The fourth-order valence-electron chi connectivity index (χ4n) is 3.32. The van der Waals surface area contributed by atoms with Crippen LogP contribution < -0.4 is 5.32 Å². The quantitative estimate of drug-likeness (QED) is 0.625. The molecule has 2 N–H and O–H groups in total. The van der Waals surface area contributed by atoms with E-state index in [9.17, 15) is 4.39 Å². The topological polar surface area (TPSA) is 52.7 Å². The monoisotopic (exact) mass is 346 g/mol. The highest BCUT2D eigenvalue weighted by Crippen LogP contribution is 2.19. The largest absolute Gasteiger partial charge is 0.381 e. The number of fused-ring (bicyclic) bond motifs is 1. The van der Waals surface area contributed by atoms with Gasteiger partial charge in [-0.3, -0.25) is 4.99 Å². The maximum Gasteiger partial charge on any atom is 0.193 e. The normalized spacial score (nSPS) is 18.0. The third kappa shape index (κ3) is 4.51. The summed E-state index contributed by atoms with van der Waals surface area (Å²) < 4.78 is 18.7. The number of rotatable bonds is 6. The standard InChI is InChI=1S/C19H27FN4O/c1-3-21-19(24(2)12-14-7-9-25-13-14)22-8-6-15-11-23-18-10-16(20)4-5-17(15)18/h4-5,10-11,14,23H,3,6-9,12-13H2,1-2H3,(H,21,22). The average Bonchev–Trinajstić information content (AvgIpc) is 3.23. The average molecular weight is 346 g/mol. The van der Waals surface area contributed by atoms with Crippen molar-refractivity contribution in [1.82, 2.24) is 15.2 Å². The smallest absolute Gasteiger partial charge is 0.193 e. The zero-order chi connectivity index (χ0) is 17.6. The van der Waals surface area contributed by atoms with Crippen LogP contribution in [-0.2, 0) is 11.2 Å². The molecular weight excluding hydrogens is 319 g/mol. The van der Waals surface area contributed by atoms with Crippen molar-refractivity contribution in [2.24, 2.45) is 10.9 Å². The lowest BCUT2D eigenvalue weighted by Crippen LogP contribution is -2.41. The zero-order valence-corrected chi connectivity index (χ0v) is 15.0. The minimum Gasteiger partial charge on any atom is -0.381 e. The molecule has 136 valence electrons. The Morgan fingerprint density at radius 3 is 3.12 bits per heavy atom. The summed E-state index contributed by atoms with van der Waals surface area (Å²) in [5.41, 5.74) is 2.01. The molecule has 0 aliphatic carbocycles.